The molecule has 2 aliphatic carbocycles. The summed E-state index contributed by atoms with van der Waals surface area (Å²) in [6.07, 6.45) is 5.23. The first-order valence-corrected chi connectivity index (χ1v) is 6.89. The standard InChI is InChI=1S/C15H22N2/c16-9-12-5-3-7-15(12)17-10-13-8-11-4-1-2-6-14(11)13/h1-2,4,6,12-13,15,17H,3,5,7-10,16H2. The molecule has 0 aliphatic heterocycles. The molecule has 0 amide bonds. The van der Waals surface area contributed by atoms with Crippen LogP contribution in [0.3, 0.4) is 0 Å². The highest BCUT2D eigenvalue weighted by Gasteiger charge is 2.29. The molecule has 2 nitrogen and oxygen atoms in total. The van der Waals surface area contributed by atoms with Gasteiger partial charge < -0.3 is 11.1 Å². The van der Waals surface area contributed by atoms with E-state index in [1.54, 1.807) is 11.1 Å². The van der Waals surface area contributed by atoms with Gasteiger partial charge in [0.05, 0.1) is 0 Å². The van der Waals surface area contributed by atoms with Gasteiger partial charge in [-0.25, -0.2) is 0 Å². The Labute approximate surface area is 104 Å². The van der Waals surface area contributed by atoms with Crippen LogP contribution in [0.1, 0.15) is 36.3 Å². The molecule has 2 heteroatoms. The van der Waals surface area contributed by atoms with Crippen LogP contribution in [0, 0.1) is 5.92 Å². The van der Waals surface area contributed by atoms with E-state index in [-0.39, 0.29) is 0 Å². The van der Waals surface area contributed by atoms with Crippen molar-refractivity contribution in [2.75, 3.05) is 13.1 Å². The summed E-state index contributed by atoms with van der Waals surface area (Å²) in [6, 6.07) is 9.50. The quantitative estimate of drug-likeness (QED) is 0.830. The Morgan fingerprint density at radius 2 is 2.12 bits per heavy atom. The van der Waals surface area contributed by atoms with Crippen LogP contribution in [-0.2, 0) is 6.42 Å². The zero-order chi connectivity index (χ0) is 11.7. The van der Waals surface area contributed by atoms with E-state index in [1.165, 1.54) is 25.7 Å². The monoisotopic (exact) mass is 230 g/mol. The van der Waals surface area contributed by atoms with Gasteiger partial charge in [0.15, 0.2) is 0 Å². The van der Waals surface area contributed by atoms with Crippen molar-refractivity contribution in [2.45, 2.75) is 37.6 Å². The van der Waals surface area contributed by atoms with Crippen LogP contribution >= 0.6 is 0 Å². The average Bonchev–Trinajstić information content (AvgIpc) is 2.78. The maximum atomic E-state index is 5.81. The molecular formula is C15H22N2. The molecule has 92 valence electrons. The maximum absolute atomic E-state index is 5.81. The molecule has 0 spiro atoms. The molecule has 1 saturated carbocycles. The van der Waals surface area contributed by atoms with E-state index >= 15 is 0 Å². The number of benzene rings is 1. The minimum atomic E-state index is 0.674. The van der Waals surface area contributed by atoms with Crippen LogP contribution in [0.4, 0.5) is 0 Å². The van der Waals surface area contributed by atoms with Gasteiger partial charge >= 0.3 is 0 Å². The minimum absolute atomic E-state index is 0.674. The molecule has 0 saturated heterocycles. The smallest absolute Gasteiger partial charge is 0.0108 e. The molecule has 0 bridgehead atoms. The van der Waals surface area contributed by atoms with Gasteiger partial charge in [-0.15, -0.1) is 0 Å². The van der Waals surface area contributed by atoms with E-state index in [2.05, 4.69) is 29.6 Å². The summed E-state index contributed by atoms with van der Waals surface area (Å²) < 4.78 is 0. The Bertz CT molecular complexity index is 388. The number of fused-ring (bicyclic) bond motifs is 1. The lowest BCUT2D eigenvalue weighted by Crippen LogP contribution is -2.40. The van der Waals surface area contributed by atoms with E-state index in [4.69, 9.17) is 5.73 Å². The van der Waals surface area contributed by atoms with Crippen LogP contribution in [0.25, 0.3) is 0 Å². The third-order valence-corrected chi connectivity index (χ3v) is 4.55. The fourth-order valence-corrected chi connectivity index (χ4v) is 3.43. The van der Waals surface area contributed by atoms with E-state index in [0.29, 0.717) is 12.0 Å². The number of rotatable bonds is 4. The van der Waals surface area contributed by atoms with Crippen LogP contribution in [-0.4, -0.2) is 19.1 Å². The lowest BCUT2D eigenvalue weighted by Gasteiger charge is -2.32. The topological polar surface area (TPSA) is 38.0 Å². The molecular weight excluding hydrogens is 208 g/mol. The number of nitrogens with one attached hydrogen (secondary N) is 1. The predicted molar refractivity (Wildman–Crippen MR) is 71.1 cm³/mol. The third kappa shape index (κ3) is 2.12. The van der Waals surface area contributed by atoms with Crippen molar-refractivity contribution in [3.05, 3.63) is 35.4 Å². The molecule has 3 atom stereocenters. The third-order valence-electron chi connectivity index (χ3n) is 4.55. The summed E-state index contributed by atoms with van der Waals surface area (Å²) in [4.78, 5) is 0. The van der Waals surface area contributed by atoms with E-state index in [9.17, 15) is 0 Å². The first kappa shape index (κ1) is 11.2. The average molecular weight is 230 g/mol. The molecule has 3 N–H and O–H groups in total. The Morgan fingerprint density at radius 1 is 1.24 bits per heavy atom. The molecule has 3 unspecified atom stereocenters. The normalized spacial score (nSPS) is 31.0. The highest BCUT2D eigenvalue weighted by atomic mass is 14.9. The second-order valence-electron chi connectivity index (χ2n) is 5.54. The maximum Gasteiger partial charge on any atom is 0.0108 e. The summed E-state index contributed by atoms with van der Waals surface area (Å²) in [6.45, 7) is 1.98. The largest absolute Gasteiger partial charge is 0.330 e. The van der Waals surface area contributed by atoms with Crippen molar-refractivity contribution in [1.29, 1.82) is 0 Å². The summed E-state index contributed by atoms with van der Waals surface area (Å²) >= 11 is 0. The van der Waals surface area contributed by atoms with Crippen molar-refractivity contribution in [2.24, 2.45) is 11.7 Å². The van der Waals surface area contributed by atoms with Crippen LogP contribution in [0.5, 0.6) is 0 Å². The molecule has 17 heavy (non-hydrogen) atoms. The fraction of sp³-hybridized carbons (Fsp3) is 0.600. The van der Waals surface area contributed by atoms with E-state index in [0.717, 1.165) is 19.0 Å². The zero-order valence-electron chi connectivity index (χ0n) is 10.4. The van der Waals surface area contributed by atoms with Gasteiger partial charge in [-0.3, -0.25) is 0 Å². The number of hydrogen-bond acceptors (Lipinski definition) is 2. The van der Waals surface area contributed by atoms with Gasteiger partial charge in [-0.2, -0.15) is 0 Å². The van der Waals surface area contributed by atoms with E-state index in [1.807, 2.05) is 0 Å². The summed E-state index contributed by atoms with van der Waals surface area (Å²) in [7, 11) is 0. The molecule has 3 rings (SSSR count). The lowest BCUT2D eigenvalue weighted by atomic mass is 9.77. The van der Waals surface area contributed by atoms with Gasteiger partial charge in [0.1, 0.15) is 0 Å². The molecule has 1 aromatic rings. The predicted octanol–water partition coefficient (Wildman–Crippen LogP) is 2.04. The second kappa shape index (κ2) is 4.79. The van der Waals surface area contributed by atoms with Gasteiger partial charge in [-0.1, -0.05) is 30.7 Å². The Morgan fingerprint density at radius 3 is 2.94 bits per heavy atom. The molecule has 1 fully saturated rings. The summed E-state index contributed by atoms with van der Waals surface area (Å²) in [5, 5.41) is 3.75. The molecule has 0 heterocycles. The van der Waals surface area contributed by atoms with Crippen molar-refractivity contribution >= 4 is 0 Å². The Hall–Kier alpha value is -0.860. The summed E-state index contributed by atoms with van der Waals surface area (Å²) in [5.41, 5.74) is 8.91. The van der Waals surface area contributed by atoms with E-state index < -0.39 is 0 Å². The van der Waals surface area contributed by atoms with Crippen molar-refractivity contribution in [3.63, 3.8) is 0 Å². The first-order chi connectivity index (χ1) is 8.38. The van der Waals surface area contributed by atoms with Crippen LogP contribution in [0.15, 0.2) is 24.3 Å². The van der Waals surface area contributed by atoms with Gasteiger partial charge in [0, 0.05) is 18.5 Å². The zero-order valence-corrected chi connectivity index (χ0v) is 10.4. The SMILES string of the molecule is NCC1CCCC1NCC1Cc2ccccc21. The Kier molecular flexibility index (Phi) is 3.17. The highest BCUT2D eigenvalue weighted by Crippen LogP contribution is 2.34. The highest BCUT2D eigenvalue weighted by molar-refractivity contribution is 5.40. The number of hydrogen-bond donors (Lipinski definition) is 2. The van der Waals surface area contributed by atoms with Crippen molar-refractivity contribution < 1.29 is 0 Å². The molecule has 2 aliphatic rings. The van der Waals surface area contributed by atoms with Crippen LogP contribution < -0.4 is 11.1 Å². The lowest BCUT2D eigenvalue weighted by molar-refractivity contribution is 0.386. The molecule has 0 radical (unpaired) electrons. The number of nitrogens with two attached hydrogens (primary N) is 1. The minimum Gasteiger partial charge on any atom is -0.330 e. The second-order valence-corrected chi connectivity index (χ2v) is 5.54. The van der Waals surface area contributed by atoms with Gasteiger partial charge in [-0.05, 0) is 42.9 Å². The van der Waals surface area contributed by atoms with Crippen molar-refractivity contribution in [1.82, 2.24) is 5.32 Å². The first-order valence-electron chi connectivity index (χ1n) is 6.89. The van der Waals surface area contributed by atoms with Crippen molar-refractivity contribution in [3.8, 4) is 0 Å². The Balaban J connectivity index is 1.53. The van der Waals surface area contributed by atoms with Gasteiger partial charge in [0.25, 0.3) is 0 Å². The molecule has 0 aromatic heterocycles. The van der Waals surface area contributed by atoms with Gasteiger partial charge in [0.2, 0.25) is 0 Å². The summed E-state index contributed by atoms with van der Waals surface area (Å²) in [5.74, 6) is 1.45. The van der Waals surface area contributed by atoms with Crippen LogP contribution in [0.2, 0.25) is 0 Å². The molecule has 1 aromatic carbocycles. The fourth-order valence-electron chi connectivity index (χ4n) is 3.43.